The maximum atomic E-state index is 14.6. The molecule has 0 radical (unpaired) electrons. The van der Waals surface area contributed by atoms with Gasteiger partial charge in [0.1, 0.15) is 17.4 Å². The molecule has 1 aromatic carbocycles. The van der Waals surface area contributed by atoms with Gasteiger partial charge < -0.3 is 20.7 Å². The Kier molecular flexibility index (Phi) is 6.21. The molecular formula is C23H25FN4O2. The SMILES string of the molecule is COc1cc(NC(=O)c2ccc(C3=CCNCC3)c(F)c2)ncc1C1=CCNCC1. The number of methoxy groups -OCH3 is 1. The van der Waals surface area contributed by atoms with Crippen molar-refractivity contribution in [3.05, 3.63) is 65.1 Å². The maximum absolute atomic E-state index is 14.6. The van der Waals surface area contributed by atoms with E-state index in [1.54, 1.807) is 31.5 Å². The van der Waals surface area contributed by atoms with Crippen LogP contribution in [0.2, 0.25) is 0 Å². The van der Waals surface area contributed by atoms with E-state index in [1.165, 1.54) is 11.6 Å². The van der Waals surface area contributed by atoms with Gasteiger partial charge >= 0.3 is 0 Å². The first kappa shape index (κ1) is 20.3. The van der Waals surface area contributed by atoms with E-state index in [0.717, 1.165) is 50.2 Å². The minimum absolute atomic E-state index is 0.247. The number of amides is 1. The molecule has 0 spiro atoms. The second kappa shape index (κ2) is 9.19. The maximum Gasteiger partial charge on any atom is 0.256 e. The molecule has 7 heteroatoms. The minimum atomic E-state index is -0.414. The van der Waals surface area contributed by atoms with Crippen molar-refractivity contribution in [2.45, 2.75) is 12.8 Å². The first-order valence-corrected chi connectivity index (χ1v) is 10.1. The smallest absolute Gasteiger partial charge is 0.256 e. The standard InChI is InChI=1S/C23H25FN4O2/c1-30-21-13-22(27-14-19(21)16-6-10-26-11-7-16)28-23(29)17-2-3-18(20(24)12-17)15-4-8-25-9-5-15/h2-4,6,12-14,25-26H,5,7-11H2,1H3,(H,27,28,29). The zero-order valence-corrected chi connectivity index (χ0v) is 16.9. The summed E-state index contributed by atoms with van der Waals surface area (Å²) in [4.78, 5) is 17.0. The largest absolute Gasteiger partial charge is 0.496 e. The highest BCUT2D eigenvalue weighted by Gasteiger charge is 2.16. The van der Waals surface area contributed by atoms with Crippen LogP contribution in [0.15, 0.2) is 42.6 Å². The fraction of sp³-hybridized carbons (Fsp3) is 0.304. The Morgan fingerprint density at radius 3 is 2.37 bits per heavy atom. The lowest BCUT2D eigenvalue weighted by atomic mass is 9.98. The van der Waals surface area contributed by atoms with Crippen LogP contribution in [0.1, 0.15) is 34.3 Å². The van der Waals surface area contributed by atoms with Gasteiger partial charge in [-0.2, -0.15) is 0 Å². The van der Waals surface area contributed by atoms with Crippen LogP contribution in [0.5, 0.6) is 5.75 Å². The molecule has 6 nitrogen and oxygen atoms in total. The number of rotatable bonds is 5. The minimum Gasteiger partial charge on any atom is -0.496 e. The molecule has 2 aliphatic rings. The first-order valence-electron chi connectivity index (χ1n) is 10.1. The zero-order valence-electron chi connectivity index (χ0n) is 16.9. The van der Waals surface area contributed by atoms with Crippen molar-refractivity contribution in [1.82, 2.24) is 15.6 Å². The van der Waals surface area contributed by atoms with Crippen LogP contribution in [0.25, 0.3) is 11.1 Å². The zero-order chi connectivity index (χ0) is 20.9. The predicted octanol–water partition coefficient (Wildman–Crippen LogP) is 3.24. The Morgan fingerprint density at radius 2 is 1.77 bits per heavy atom. The number of halogens is 1. The number of ether oxygens (including phenoxy) is 1. The van der Waals surface area contributed by atoms with Crippen molar-refractivity contribution in [3.8, 4) is 5.75 Å². The van der Waals surface area contributed by atoms with Gasteiger partial charge in [0.05, 0.1) is 7.11 Å². The van der Waals surface area contributed by atoms with Gasteiger partial charge in [0.25, 0.3) is 5.91 Å². The van der Waals surface area contributed by atoms with Gasteiger partial charge in [0.2, 0.25) is 0 Å². The molecule has 0 aliphatic carbocycles. The Bertz CT molecular complexity index is 1020. The van der Waals surface area contributed by atoms with E-state index >= 15 is 0 Å². The molecule has 2 aliphatic heterocycles. The quantitative estimate of drug-likeness (QED) is 0.708. The molecule has 4 rings (SSSR count). The lowest BCUT2D eigenvalue weighted by molar-refractivity contribution is 0.102. The molecule has 0 saturated heterocycles. The summed E-state index contributed by atoms with van der Waals surface area (Å²) >= 11 is 0. The predicted molar refractivity (Wildman–Crippen MR) is 116 cm³/mol. The number of nitrogens with zero attached hydrogens (tertiary/aromatic N) is 1. The summed E-state index contributed by atoms with van der Waals surface area (Å²) in [7, 11) is 1.59. The molecule has 0 bridgehead atoms. The monoisotopic (exact) mass is 408 g/mol. The van der Waals surface area contributed by atoms with E-state index in [9.17, 15) is 9.18 Å². The number of carbonyl (C=O) groups is 1. The topological polar surface area (TPSA) is 75.3 Å². The van der Waals surface area contributed by atoms with E-state index in [-0.39, 0.29) is 5.56 Å². The molecule has 3 N–H and O–H groups in total. The van der Waals surface area contributed by atoms with Crippen molar-refractivity contribution in [2.75, 3.05) is 38.6 Å². The first-order chi connectivity index (χ1) is 14.7. The molecular weight excluding hydrogens is 383 g/mol. The van der Waals surface area contributed by atoms with Gasteiger partial charge in [-0.1, -0.05) is 18.2 Å². The molecule has 0 fully saturated rings. The summed E-state index contributed by atoms with van der Waals surface area (Å²) < 4.78 is 20.1. The van der Waals surface area contributed by atoms with Crippen LogP contribution < -0.4 is 20.7 Å². The van der Waals surface area contributed by atoms with Gasteiger partial charge in [-0.3, -0.25) is 4.79 Å². The van der Waals surface area contributed by atoms with Gasteiger partial charge in [-0.25, -0.2) is 9.37 Å². The molecule has 0 saturated carbocycles. The molecule has 1 amide bonds. The van der Waals surface area contributed by atoms with Gasteiger partial charge in [-0.15, -0.1) is 0 Å². The van der Waals surface area contributed by atoms with Crippen LogP contribution in [0.4, 0.5) is 10.2 Å². The third-order valence-corrected chi connectivity index (χ3v) is 5.38. The number of aromatic nitrogens is 1. The fourth-order valence-electron chi connectivity index (χ4n) is 3.75. The molecule has 0 atom stereocenters. The summed E-state index contributed by atoms with van der Waals surface area (Å²) in [5.74, 6) is 0.200. The lowest BCUT2D eigenvalue weighted by Crippen LogP contribution is -2.20. The van der Waals surface area contributed by atoms with Crippen LogP contribution in [-0.2, 0) is 0 Å². The van der Waals surface area contributed by atoms with Crippen LogP contribution in [0, 0.1) is 5.82 Å². The average molecular weight is 408 g/mol. The highest BCUT2D eigenvalue weighted by molar-refractivity contribution is 6.04. The van der Waals surface area contributed by atoms with E-state index < -0.39 is 11.7 Å². The number of pyridine rings is 1. The Morgan fingerprint density at radius 1 is 1.07 bits per heavy atom. The Balaban J connectivity index is 1.51. The highest BCUT2D eigenvalue weighted by Crippen LogP contribution is 2.30. The number of hydrogen-bond acceptors (Lipinski definition) is 5. The van der Waals surface area contributed by atoms with E-state index in [4.69, 9.17) is 4.74 Å². The number of carbonyl (C=O) groups excluding carboxylic acids is 1. The summed E-state index contributed by atoms with van der Waals surface area (Å²) in [6.45, 7) is 3.27. The number of benzene rings is 1. The van der Waals surface area contributed by atoms with E-state index in [1.807, 2.05) is 6.08 Å². The number of anilines is 1. The summed E-state index contributed by atoms with van der Waals surface area (Å²) in [5.41, 5.74) is 3.85. The Labute approximate surface area is 175 Å². The molecule has 1 aromatic heterocycles. The molecule has 3 heterocycles. The van der Waals surface area contributed by atoms with Crippen LogP contribution >= 0.6 is 0 Å². The fourth-order valence-corrected chi connectivity index (χ4v) is 3.75. The van der Waals surface area contributed by atoms with E-state index in [0.29, 0.717) is 17.1 Å². The summed E-state index contributed by atoms with van der Waals surface area (Å²) in [6, 6.07) is 6.28. The van der Waals surface area contributed by atoms with E-state index in [2.05, 4.69) is 27.0 Å². The second-order valence-corrected chi connectivity index (χ2v) is 7.29. The van der Waals surface area contributed by atoms with Gasteiger partial charge in [-0.05, 0) is 49.2 Å². The summed E-state index contributed by atoms with van der Waals surface area (Å²) in [5, 5.41) is 9.22. The molecule has 156 valence electrons. The number of nitrogens with one attached hydrogen (secondary N) is 3. The average Bonchev–Trinajstić information content (AvgIpc) is 2.80. The van der Waals surface area contributed by atoms with Gasteiger partial charge in [0.15, 0.2) is 0 Å². The Hall–Kier alpha value is -3.03. The third kappa shape index (κ3) is 4.42. The molecule has 30 heavy (non-hydrogen) atoms. The van der Waals surface area contributed by atoms with Crippen molar-refractivity contribution in [1.29, 1.82) is 0 Å². The van der Waals surface area contributed by atoms with Crippen molar-refractivity contribution < 1.29 is 13.9 Å². The lowest BCUT2D eigenvalue weighted by Gasteiger charge is -2.17. The normalized spacial score (nSPS) is 16.5. The highest BCUT2D eigenvalue weighted by atomic mass is 19.1. The van der Waals surface area contributed by atoms with Crippen molar-refractivity contribution >= 4 is 22.9 Å². The van der Waals surface area contributed by atoms with Gasteiger partial charge in [0, 0.05) is 42.0 Å². The summed E-state index contributed by atoms with van der Waals surface area (Å²) in [6.07, 6.45) is 7.46. The molecule has 2 aromatic rings. The van der Waals surface area contributed by atoms with Crippen molar-refractivity contribution in [2.24, 2.45) is 0 Å². The third-order valence-electron chi connectivity index (χ3n) is 5.38. The van der Waals surface area contributed by atoms with Crippen LogP contribution in [0.3, 0.4) is 0 Å². The van der Waals surface area contributed by atoms with Crippen LogP contribution in [-0.4, -0.2) is 44.2 Å². The molecule has 0 unspecified atom stereocenters. The van der Waals surface area contributed by atoms with Crippen molar-refractivity contribution in [3.63, 3.8) is 0 Å². The number of hydrogen-bond donors (Lipinski definition) is 3. The second-order valence-electron chi connectivity index (χ2n) is 7.29.